The first-order chi connectivity index (χ1) is 8.08. The number of hydrogen-bond donors (Lipinski definition) is 2. The summed E-state index contributed by atoms with van der Waals surface area (Å²) in [6.45, 7) is 4.43. The van der Waals surface area contributed by atoms with Crippen LogP contribution in [-0.2, 0) is 9.59 Å². The molecule has 2 atom stereocenters. The summed E-state index contributed by atoms with van der Waals surface area (Å²) in [6, 6.07) is -0.256. The lowest BCUT2D eigenvalue weighted by Crippen LogP contribution is -2.53. The van der Waals surface area contributed by atoms with Crippen LogP contribution < -0.4 is 5.32 Å². The van der Waals surface area contributed by atoms with Crippen molar-refractivity contribution < 1.29 is 14.7 Å². The summed E-state index contributed by atoms with van der Waals surface area (Å²) in [6.07, 6.45) is 0.0774. The van der Waals surface area contributed by atoms with Crippen molar-refractivity contribution in [2.75, 3.05) is 32.7 Å². The molecule has 96 valence electrons. The third-order valence-electron chi connectivity index (χ3n) is 3.44. The topological polar surface area (TPSA) is 72.9 Å². The minimum absolute atomic E-state index is 0.0461. The van der Waals surface area contributed by atoms with E-state index >= 15 is 0 Å². The molecule has 6 nitrogen and oxygen atoms in total. The highest BCUT2D eigenvalue weighted by molar-refractivity contribution is 5.82. The Balaban J connectivity index is 1.84. The van der Waals surface area contributed by atoms with Crippen LogP contribution >= 0.6 is 0 Å². The Morgan fingerprint density at radius 3 is 2.24 bits per heavy atom. The van der Waals surface area contributed by atoms with Crippen molar-refractivity contribution in [3.05, 3.63) is 0 Å². The Labute approximate surface area is 101 Å². The van der Waals surface area contributed by atoms with Gasteiger partial charge in [-0.05, 0) is 6.42 Å². The van der Waals surface area contributed by atoms with Gasteiger partial charge in [0.25, 0.3) is 0 Å². The van der Waals surface area contributed by atoms with Gasteiger partial charge in [-0.2, -0.15) is 0 Å². The minimum Gasteiger partial charge on any atom is -0.392 e. The smallest absolute Gasteiger partial charge is 0.239 e. The standard InChI is InChI=1S/C11H19N3O3/c1-8(15)13-2-4-14(5-3-13)11(17)10-6-9(16)7-12-10/h9-10,12,16H,2-7H2,1H3. The fourth-order valence-electron chi connectivity index (χ4n) is 2.37. The molecule has 2 amide bonds. The molecule has 0 aliphatic carbocycles. The van der Waals surface area contributed by atoms with Gasteiger partial charge in [-0.1, -0.05) is 0 Å². The average Bonchev–Trinajstić information content (AvgIpc) is 2.75. The van der Waals surface area contributed by atoms with Gasteiger partial charge in [-0.15, -0.1) is 0 Å². The molecule has 2 saturated heterocycles. The second-order valence-electron chi connectivity index (χ2n) is 4.68. The van der Waals surface area contributed by atoms with Crippen LogP contribution in [0, 0.1) is 0 Å². The third-order valence-corrected chi connectivity index (χ3v) is 3.44. The lowest BCUT2D eigenvalue weighted by atomic mass is 10.1. The van der Waals surface area contributed by atoms with Crippen LogP contribution in [-0.4, -0.2) is 71.6 Å². The highest BCUT2D eigenvalue weighted by Gasteiger charge is 2.32. The number of amides is 2. The molecule has 2 unspecified atom stereocenters. The first-order valence-corrected chi connectivity index (χ1v) is 6.03. The Morgan fingerprint density at radius 2 is 1.76 bits per heavy atom. The first kappa shape index (κ1) is 12.3. The summed E-state index contributed by atoms with van der Waals surface area (Å²) >= 11 is 0. The number of aliphatic hydroxyl groups is 1. The van der Waals surface area contributed by atoms with Crippen molar-refractivity contribution in [3.63, 3.8) is 0 Å². The Morgan fingerprint density at radius 1 is 1.18 bits per heavy atom. The maximum absolute atomic E-state index is 12.1. The number of carbonyl (C=O) groups is 2. The number of carbonyl (C=O) groups excluding carboxylic acids is 2. The van der Waals surface area contributed by atoms with E-state index in [1.807, 2.05) is 0 Å². The zero-order valence-electron chi connectivity index (χ0n) is 10.1. The second kappa shape index (κ2) is 5.01. The van der Waals surface area contributed by atoms with E-state index in [-0.39, 0.29) is 17.9 Å². The molecule has 2 heterocycles. The predicted octanol–water partition coefficient (Wildman–Crippen LogP) is -1.60. The number of hydrogen-bond acceptors (Lipinski definition) is 4. The van der Waals surface area contributed by atoms with E-state index in [9.17, 15) is 14.7 Å². The van der Waals surface area contributed by atoms with Crippen molar-refractivity contribution in [2.45, 2.75) is 25.5 Å². The highest BCUT2D eigenvalue weighted by Crippen LogP contribution is 2.11. The van der Waals surface area contributed by atoms with Gasteiger partial charge in [0.2, 0.25) is 11.8 Å². The first-order valence-electron chi connectivity index (χ1n) is 6.03. The summed E-state index contributed by atoms with van der Waals surface area (Å²) in [4.78, 5) is 26.7. The molecule has 0 aromatic heterocycles. The van der Waals surface area contributed by atoms with Crippen molar-refractivity contribution in [3.8, 4) is 0 Å². The summed E-state index contributed by atoms with van der Waals surface area (Å²) in [5.74, 6) is 0.108. The molecule has 2 N–H and O–H groups in total. The molecule has 0 bridgehead atoms. The van der Waals surface area contributed by atoms with Crippen LogP contribution in [0.3, 0.4) is 0 Å². The Kier molecular flexibility index (Phi) is 3.63. The van der Waals surface area contributed by atoms with Crippen molar-refractivity contribution in [1.82, 2.24) is 15.1 Å². The molecule has 2 aliphatic heterocycles. The van der Waals surface area contributed by atoms with Gasteiger partial charge in [0.05, 0.1) is 12.1 Å². The fraction of sp³-hybridized carbons (Fsp3) is 0.818. The fourth-order valence-corrected chi connectivity index (χ4v) is 2.37. The number of piperazine rings is 1. The summed E-state index contributed by atoms with van der Waals surface area (Å²) < 4.78 is 0. The van der Waals surface area contributed by atoms with Gasteiger partial charge in [-0.25, -0.2) is 0 Å². The highest BCUT2D eigenvalue weighted by atomic mass is 16.3. The number of rotatable bonds is 1. The van der Waals surface area contributed by atoms with Crippen LogP contribution in [0.15, 0.2) is 0 Å². The largest absolute Gasteiger partial charge is 0.392 e. The molecular formula is C11H19N3O3. The summed E-state index contributed by atoms with van der Waals surface area (Å²) in [5.41, 5.74) is 0. The molecule has 0 aromatic carbocycles. The van der Waals surface area contributed by atoms with Crippen LogP contribution in [0.5, 0.6) is 0 Å². The number of aliphatic hydroxyl groups excluding tert-OH is 1. The third kappa shape index (κ3) is 2.76. The molecule has 0 aromatic rings. The lowest BCUT2D eigenvalue weighted by Gasteiger charge is -2.35. The SMILES string of the molecule is CC(=O)N1CCN(C(=O)C2CC(O)CN2)CC1. The Bertz CT molecular complexity index is 313. The summed E-state index contributed by atoms with van der Waals surface area (Å²) in [7, 11) is 0. The van der Waals surface area contributed by atoms with Crippen molar-refractivity contribution >= 4 is 11.8 Å². The van der Waals surface area contributed by atoms with Gasteiger partial charge in [-0.3, -0.25) is 9.59 Å². The van der Waals surface area contributed by atoms with E-state index in [0.717, 1.165) is 0 Å². The van der Waals surface area contributed by atoms with Gasteiger partial charge in [0.15, 0.2) is 0 Å². The van der Waals surface area contributed by atoms with Crippen LogP contribution in [0.2, 0.25) is 0 Å². The van der Waals surface area contributed by atoms with Gasteiger partial charge in [0, 0.05) is 39.6 Å². The number of β-amino-alcohol motifs (C(OH)–C–C–N with tert-alkyl or cyclic N) is 1. The number of nitrogens with one attached hydrogen (secondary N) is 1. The van der Waals surface area contributed by atoms with Crippen LogP contribution in [0.1, 0.15) is 13.3 Å². The second-order valence-corrected chi connectivity index (χ2v) is 4.68. The zero-order valence-corrected chi connectivity index (χ0v) is 10.1. The maximum atomic E-state index is 12.1. The summed E-state index contributed by atoms with van der Waals surface area (Å²) in [5, 5.41) is 12.4. The quantitative estimate of drug-likeness (QED) is 0.580. The lowest BCUT2D eigenvalue weighted by molar-refractivity contribution is -0.139. The van der Waals surface area contributed by atoms with E-state index < -0.39 is 6.10 Å². The molecule has 17 heavy (non-hydrogen) atoms. The molecule has 0 saturated carbocycles. The average molecular weight is 241 g/mol. The van der Waals surface area contributed by atoms with Gasteiger partial charge < -0.3 is 20.2 Å². The maximum Gasteiger partial charge on any atom is 0.239 e. The van der Waals surface area contributed by atoms with Crippen LogP contribution in [0.4, 0.5) is 0 Å². The molecule has 0 radical (unpaired) electrons. The molecule has 2 fully saturated rings. The van der Waals surface area contributed by atoms with E-state index in [1.54, 1.807) is 16.7 Å². The van der Waals surface area contributed by atoms with Gasteiger partial charge >= 0.3 is 0 Å². The zero-order chi connectivity index (χ0) is 12.4. The van der Waals surface area contributed by atoms with Crippen molar-refractivity contribution in [2.24, 2.45) is 0 Å². The Hall–Kier alpha value is -1.14. The van der Waals surface area contributed by atoms with E-state index in [1.165, 1.54) is 0 Å². The normalized spacial score (nSPS) is 29.5. The molecular weight excluding hydrogens is 222 g/mol. The van der Waals surface area contributed by atoms with Crippen molar-refractivity contribution in [1.29, 1.82) is 0 Å². The van der Waals surface area contributed by atoms with Gasteiger partial charge in [0.1, 0.15) is 0 Å². The van der Waals surface area contributed by atoms with E-state index in [2.05, 4.69) is 5.32 Å². The monoisotopic (exact) mass is 241 g/mol. The van der Waals surface area contributed by atoms with E-state index in [4.69, 9.17) is 0 Å². The predicted molar refractivity (Wildman–Crippen MR) is 61.2 cm³/mol. The molecule has 2 rings (SSSR count). The molecule has 0 spiro atoms. The van der Waals surface area contributed by atoms with Crippen LogP contribution in [0.25, 0.3) is 0 Å². The molecule has 6 heteroatoms. The minimum atomic E-state index is -0.414. The number of nitrogens with zero attached hydrogens (tertiary/aromatic N) is 2. The molecule has 2 aliphatic rings. The van der Waals surface area contributed by atoms with E-state index in [0.29, 0.717) is 39.1 Å².